The van der Waals surface area contributed by atoms with E-state index in [0.717, 1.165) is 18.4 Å². The third-order valence-electron chi connectivity index (χ3n) is 4.18. The predicted octanol–water partition coefficient (Wildman–Crippen LogP) is 2.22. The van der Waals surface area contributed by atoms with Crippen LogP contribution in [0.5, 0.6) is 0 Å². The lowest BCUT2D eigenvalue weighted by atomic mass is 9.92. The fraction of sp³-hybridized carbons (Fsp3) is 0.562. The molecule has 21 heavy (non-hydrogen) atoms. The molecule has 1 aliphatic rings. The molecule has 1 amide bonds. The highest BCUT2D eigenvalue weighted by molar-refractivity contribution is 7.91. The summed E-state index contributed by atoms with van der Waals surface area (Å²) in [5.41, 5.74) is 1.01. The zero-order valence-electron chi connectivity index (χ0n) is 12.7. The number of carbonyl (C=O) groups is 1. The Labute approximate surface area is 127 Å². The minimum Gasteiger partial charge on any atom is -0.341 e. The van der Waals surface area contributed by atoms with Gasteiger partial charge >= 0.3 is 0 Å². The van der Waals surface area contributed by atoms with E-state index in [2.05, 4.69) is 6.92 Å². The second kappa shape index (κ2) is 6.60. The Hall–Kier alpha value is -1.36. The van der Waals surface area contributed by atoms with E-state index in [0.29, 0.717) is 6.42 Å². The average Bonchev–Trinajstić information content (AvgIpc) is 2.84. The van der Waals surface area contributed by atoms with Crippen molar-refractivity contribution in [3.05, 3.63) is 35.9 Å². The molecule has 2 rings (SSSR count). The van der Waals surface area contributed by atoms with Gasteiger partial charge in [-0.15, -0.1) is 0 Å². The second-order valence-electron chi connectivity index (χ2n) is 5.76. The molecule has 1 fully saturated rings. The highest BCUT2D eigenvalue weighted by atomic mass is 32.2. The first kappa shape index (κ1) is 16.0. The Morgan fingerprint density at radius 2 is 2.00 bits per heavy atom. The smallest absolute Gasteiger partial charge is 0.230 e. The van der Waals surface area contributed by atoms with Gasteiger partial charge in [0, 0.05) is 13.1 Å². The van der Waals surface area contributed by atoms with Gasteiger partial charge in [-0.3, -0.25) is 4.79 Å². The Kier molecular flexibility index (Phi) is 5.04. The highest BCUT2D eigenvalue weighted by Gasteiger charge is 2.35. The third kappa shape index (κ3) is 3.84. The first-order valence-corrected chi connectivity index (χ1v) is 9.29. The van der Waals surface area contributed by atoms with Gasteiger partial charge in [0.05, 0.1) is 17.4 Å². The van der Waals surface area contributed by atoms with E-state index in [1.165, 1.54) is 0 Å². The van der Waals surface area contributed by atoms with E-state index in [1.54, 1.807) is 11.9 Å². The number of carbonyl (C=O) groups excluding carboxylic acids is 1. The van der Waals surface area contributed by atoms with Crippen LogP contribution in [0.15, 0.2) is 30.3 Å². The molecule has 2 atom stereocenters. The summed E-state index contributed by atoms with van der Waals surface area (Å²) < 4.78 is 23.2. The summed E-state index contributed by atoms with van der Waals surface area (Å²) in [5.74, 6) is 0.150. The molecule has 0 spiro atoms. The summed E-state index contributed by atoms with van der Waals surface area (Å²) in [7, 11) is -1.23. The lowest BCUT2D eigenvalue weighted by Gasteiger charge is -2.28. The molecule has 0 aliphatic carbocycles. The number of hydrogen-bond acceptors (Lipinski definition) is 3. The molecule has 1 aromatic carbocycles. The van der Waals surface area contributed by atoms with Crippen molar-refractivity contribution in [3.8, 4) is 0 Å². The van der Waals surface area contributed by atoms with Crippen LogP contribution in [0.25, 0.3) is 0 Å². The quantitative estimate of drug-likeness (QED) is 0.838. The fourth-order valence-electron chi connectivity index (χ4n) is 2.91. The molecule has 0 radical (unpaired) electrons. The molecule has 5 heteroatoms. The van der Waals surface area contributed by atoms with Crippen molar-refractivity contribution in [1.82, 2.24) is 4.90 Å². The number of hydrogen-bond donors (Lipinski definition) is 0. The Bertz CT molecular complexity index is 583. The molecule has 0 N–H and O–H groups in total. The largest absolute Gasteiger partial charge is 0.341 e. The van der Waals surface area contributed by atoms with Crippen LogP contribution in [-0.2, 0) is 14.6 Å². The van der Waals surface area contributed by atoms with Gasteiger partial charge in [-0.05, 0) is 18.4 Å². The first-order valence-electron chi connectivity index (χ1n) is 7.46. The molecule has 116 valence electrons. The molecule has 0 aromatic heterocycles. The van der Waals surface area contributed by atoms with Crippen LogP contribution >= 0.6 is 0 Å². The summed E-state index contributed by atoms with van der Waals surface area (Å²) in [6.45, 7) is 2.06. The molecular weight excluding hydrogens is 286 g/mol. The van der Waals surface area contributed by atoms with Crippen LogP contribution in [0.4, 0.5) is 0 Å². The van der Waals surface area contributed by atoms with E-state index >= 15 is 0 Å². The monoisotopic (exact) mass is 309 g/mol. The molecule has 0 saturated carbocycles. The zero-order chi connectivity index (χ0) is 15.5. The van der Waals surface area contributed by atoms with Gasteiger partial charge in [0.2, 0.25) is 5.91 Å². The molecule has 2 unspecified atom stereocenters. The predicted molar refractivity (Wildman–Crippen MR) is 83.9 cm³/mol. The molecular formula is C16H23NO3S. The van der Waals surface area contributed by atoms with Crippen LogP contribution in [0, 0.1) is 0 Å². The molecule has 1 aliphatic heterocycles. The third-order valence-corrected chi connectivity index (χ3v) is 5.93. The van der Waals surface area contributed by atoms with Crippen LogP contribution in [0.2, 0.25) is 0 Å². The van der Waals surface area contributed by atoms with Crippen molar-refractivity contribution in [3.63, 3.8) is 0 Å². The standard InChI is InChI=1S/C16H23NO3S/c1-3-7-15(13-8-5-4-6-9-13)16(18)17(2)14-10-11-21(19,20)12-14/h4-6,8-9,14-15H,3,7,10-12H2,1-2H3. The van der Waals surface area contributed by atoms with Gasteiger partial charge < -0.3 is 4.90 Å². The van der Waals surface area contributed by atoms with Crippen molar-refractivity contribution in [2.45, 2.75) is 38.1 Å². The second-order valence-corrected chi connectivity index (χ2v) is 7.99. The average molecular weight is 309 g/mol. The van der Waals surface area contributed by atoms with Gasteiger partial charge in [-0.25, -0.2) is 8.42 Å². The van der Waals surface area contributed by atoms with Gasteiger partial charge in [-0.1, -0.05) is 43.7 Å². The Balaban J connectivity index is 2.15. The summed E-state index contributed by atoms with van der Waals surface area (Å²) in [5, 5.41) is 0. The fourth-order valence-corrected chi connectivity index (χ4v) is 4.69. The van der Waals surface area contributed by atoms with Gasteiger partial charge in [0.15, 0.2) is 9.84 Å². The van der Waals surface area contributed by atoms with Crippen molar-refractivity contribution < 1.29 is 13.2 Å². The summed E-state index contributed by atoms with van der Waals surface area (Å²) in [6, 6.07) is 9.57. The van der Waals surface area contributed by atoms with Gasteiger partial charge in [0.1, 0.15) is 0 Å². The maximum Gasteiger partial charge on any atom is 0.230 e. The molecule has 0 bridgehead atoms. The summed E-state index contributed by atoms with van der Waals surface area (Å²) in [4.78, 5) is 14.4. The normalized spacial score (nSPS) is 21.9. The number of nitrogens with zero attached hydrogens (tertiary/aromatic N) is 1. The molecule has 1 saturated heterocycles. The van der Waals surface area contributed by atoms with E-state index in [1.807, 2.05) is 30.3 Å². The maximum absolute atomic E-state index is 12.8. The maximum atomic E-state index is 12.8. The number of benzene rings is 1. The Morgan fingerprint density at radius 3 is 2.52 bits per heavy atom. The molecule has 4 nitrogen and oxygen atoms in total. The van der Waals surface area contributed by atoms with E-state index in [9.17, 15) is 13.2 Å². The lowest BCUT2D eigenvalue weighted by Crippen LogP contribution is -2.40. The van der Waals surface area contributed by atoms with Crippen LogP contribution in [-0.4, -0.2) is 43.8 Å². The van der Waals surface area contributed by atoms with Crippen molar-refractivity contribution in [2.75, 3.05) is 18.6 Å². The van der Waals surface area contributed by atoms with Crippen molar-refractivity contribution in [1.29, 1.82) is 0 Å². The van der Waals surface area contributed by atoms with Gasteiger partial charge in [0.25, 0.3) is 0 Å². The minimum absolute atomic E-state index is 0.0325. The number of likely N-dealkylation sites (N-methyl/N-ethyl adjacent to an activating group) is 1. The highest BCUT2D eigenvalue weighted by Crippen LogP contribution is 2.26. The lowest BCUT2D eigenvalue weighted by molar-refractivity contribution is -0.133. The summed E-state index contributed by atoms with van der Waals surface area (Å²) in [6.07, 6.45) is 2.26. The first-order chi connectivity index (χ1) is 9.94. The van der Waals surface area contributed by atoms with Crippen LogP contribution in [0.1, 0.15) is 37.7 Å². The van der Waals surface area contributed by atoms with Crippen molar-refractivity contribution in [2.24, 2.45) is 0 Å². The van der Waals surface area contributed by atoms with Crippen molar-refractivity contribution >= 4 is 15.7 Å². The topological polar surface area (TPSA) is 54.5 Å². The Morgan fingerprint density at radius 1 is 1.33 bits per heavy atom. The van der Waals surface area contributed by atoms with Gasteiger partial charge in [-0.2, -0.15) is 0 Å². The number of rotatable bonds is 5. The van der Waals surface area contributed by atoms with Crippen LogP contribution in [0.3, 0.4) is 0 Å². The SMILES string of the molecule is CCCC(C(=O)N(C)C1CCS(=O)(=O)C1)c1ccccc1. The number of amides is 1. The number of sulfone groups is 1. The zero-order valence-corrected chi connectivity index (χ0v) is 13.5. The van der Waals surface area contributed by atoms with E-state index < -0.39 is 9.84 Å². The minimum atomic E-state index is -2.97. The molecule has 1 aromatic rings. The van der Waals surface area contributed by atoms with Crippen LogP contribution < -0.4 is 0 Å². The summed E-state index contributed by atoms with van der Waals surface area (Å²) >= 11 is 0. The van der Waals surface area contributed by atoms with E-state index in [4.69, 9.17) is 0 Å². The molecule has 1 heterocycles. The van der Waals surface area contributed by atoms with E-state index in [-0.39, 0.29) is 29.4 Å².